The van der Waals surface area contributed by atoms with Crippen LogP contribution in [0, 0.1) is 6.92 Å². The third-order valence-electron chi connectivity index (χ3n) is 2.82. The Morgan fingerprint density at radius 2 is 2.19 bits per heavy atom. The molecule has 2 rings (SSSR count). The van der Waals surface area contributed by atoms with E-state index in [9.17, 15) is 4.79 Å². The minimum atomic E-state index is -0.308. The Hall–Kier alpha value is -2.11. The number of hydrogen-bond acceptors (Lipinski definition) is 4. The number of nitrogens with zero attached hydrogens (tertiary/aromatic N) is 1. The first-order valence-corrected chi connectivity index (χ1v) is 6.71. The summed E-state index contributed by atoms with van der Waals surface area (Å²) in [6.07, 6.45) is 1.46. The lowest BCUT2D eigenvalue weighted by Crippen LogP contribution is -2.21. The Balaban J connectivity index is 1.92. The molecule has 0 radical (unpaired) electrons. The standard InChI is InChI=1S/C15H15ClN2O3/c1-10-3-2-4-13(16)15(10)18-14(20)9-21-12-6-5-11(8-19)17-7-12/h2-7,19H,8-9H2,1H3,(H,18,20). The van der Waals surface area contributed by atoms with Crippen LogP contribution < -0.4 is 10.1 Å². The smallest absolute Gasteiger partial charge is 0.262 e. The minimum absolute atomic E-state index is 0.132. The maximum atomic E-state index is 11.9. The predicted molar refractivity (Wildman–Crippen MR) is 80.5 cm³/mol. The Labute approximate surface area is 127 Å². The zero-order valence-electron chi connectivity index (χ0n) is 11.5. The Morgan fingerprint density at radius 3 is 2.81 bits per heavy atom. The molecule has 1 aromatic carbocycles. The predicted octanol–water partition coefficient (Wildman–Crippen LogP) is 2.55. The Bertz CT molecular complexity index is 609. The van der Waals surface area contributed by atoms with E-state index in [1.165, 1.54) is 6.20 Å². The SMILES string of the molecule is Cc1cccc(Cl)c1NC(=O)COc1ccc(CO)nc1. The number of amides is 1. The highest BCUT2D eigenvalue weighted by atomic mass is 35.5. The van der Waals surface area contributed by atoms with E-state index in [0.717, 1.165) is 5.56 Å². The first-order valence-electron chi connectivity index (χ1n) is 6.33. The molecule has 0 unspecified atom stereocenters. The first-order chi connectivity index (χ1) is 10.1. The quantitative estimate of drug-likeness (QED) is 0.890. The van der Waals surface area contributed by atoms with Crippen LogP contribution in [0.1, 0.15) is 11.3 Å². The van der Waals surface area contributed by atoms with Gasteiger partial charge in [-0.3, -0.25) is 9.78 Å². The highest BCUT2D eigenvalue weighted by Crippen LogP contribution is 2.25. The molecular weight excluding hydrogens is 292 g/mol. The van der Waals surface area contributed by atoms with E-state index in [-0.39, 0.29) is 19.1 Å². The van der Waals surface area contributed by atoms with Gasteiger partial charge in [-0.25, -0.2) is 0 Å². The molecule has 1 amide bonds. The minimum Gasteiger partial charge on any atom is -0.482 e. The van der Waals surface area contributed by atoms with Crippen LogP contribution in [-0.2, 0) is 11.4 Å². The van der Waals surface area contributed by atoms with Crippen molar-refractivity contribution in [3.8, 4) is 5.75 Å². The second-order valence-corrected chi connectivity index (χ2v) is 4.82. The fourth-order valence-electron chi connectivity index (χ4n) is 1.70. The number of aromatic nitrogens is 1. The van der Waals surface area contributed by atoms with Crippen LogP contribution in [-0.4, -0.2) is 22.6 Å². The summed E-state index contributed by atoms with van der Waals surface area (Å²) in [7, 11) is 0. The van der Waals surface area contributed by atoms with Crippen LogP contribution in [0.25, 0.3) is 0 Å². The van der Waals surface area contributed by atoms with E-state index in [2.05, 4.69) is 10.3 Å². The van der Waals surface area contributed by atoms with E-state index < -0.39 is 0 Å². The molecule has 110 valence electrons. The topological polar surface area (TPSA) is 71.5 Å². The third-order valence-corrected chi connectivity index (χ3v) is 3.13. The van der Waals surface area contributed by atoms with Gasteiger partial charge in [0.25, 0.3) is 5.91 Å². The van der Waals surface area contributed by atoms with E-state index in [1.54, 1.807) is 18.2 Å². The molecule has 1 aromatic heterocycles. The molecular formula is C15H15ClN2O3. The van der Waals surface area contributed by atoms with Crippen LogP contribution in [0.5, 0.6) is 5.75 Å². The number of anilines is 1. The van der Waals surface area contributed by atoms with Crippen molar-refractivity contribution in [2.24, 2.45) is 0 Å². The molecule has 0 spiro atoms. The van der Waals surface area contributed by atoms with E-state index in [1.807, 2.05) is 19.1 Å². The summed E-state index contributed by atoms with van der Waals surface area (Å²) in [6, 6.07) is 8.67. The lowest BCUT2D eigenvalue weighted by Gasteiger charge is -2.11. The molecule has 1 heterocycles. The van der Waals surface area contributed by atoms with Gasteiger partial charge in [-0.2, -0.15) is 0 Å². The molecule has 0 aliphatic carbocycles. The van der Waals surface area contributed by atoms with Gasteiger partial charge >= 0.3 is 0 Å². The lowest BCUT2D eigenvalue weighted by atomic mass is 10.2. The molecule has 0 saturated carbocycles. The van der Waals surface area contributed by atoms with Gasteiger partial charge in [0, 0.05) is 0 Å². The van der Waals surface area contributed by atoms with Crippen LogP contribution in [0.2, 0.25) is 5.02 Å². The molecule has 2 N–H and O–H groups in total. The number of hydrogen-bond donors (Lipinski definition) is 2. The van der Waals surface area contributed by atoms with Crippen molar-refractivity contribution in [2.75, 3.05) is 11.9 Å². The van der Waals surface area contributed by atoms with Gasteiger partial charge in [-0.05, 0) is 30.7 Å². The van der Waals surface area contributed by atoms with Crippen LogP contribution in [0.4, 0.5) is 5.69 Å². The first kappa shape index (κ1) is 15.3. The van der Waals surface area contributed by atoms with Crippen molar-refractivity contribution in [3.63, 3.8) is 0 Å². The number of carbonyl (C=O) groups is 1. The Kier molecular flexibility index (Phi) is 5.14. The summed E-state index contributed by atoms with van der Waals surface area (Å²) in [5.41, 5.74) is 2.00. The van der Waals surface area contributed by atoms with Gasteiger partial charge < -0.3 is 15.2 Å². The number of aliphatic hydroxyl groups is 1. The number of pyridine rings is 1. The van der Waals surface area contributed by atoms with E-state index in [4.69, 9.17) is 21.4 Å². The van der Waals surface area contributed by atoms with Gasteiger partial charge in [0.15, 0.2) is 6.61 Å². The van der Waals surface area contributed by atoms with Crippen molar-refractivity contribution in [1.82, 2.24) is 4.98 Å². The van der Waals surface area contributed by atoms with Crippen molar-refractivity contribution in [2.45, 2.75) is 13.5 Å². The number of nitrogens with one attached hydrogen (secondary N) is 1. The fraction of sp³-hybridized carbons (Fsp3) is 0.200. The zero-order valence-corrected chi connectivity index (χ0v) is 12.2. The molecule has 2 aromatic rings. The molecule has 5 nitrogen and oxygen atoms in total. The maximum absolute atomic E-state index is 11.9. The van der Waals surface area contributed by atoms with Gasteiger partial charge in [-0.15, -0.1) is 0 Å². The molecule has 6 heteroatoms. The highest BCUT2D eigenvalue weighted by molar-refractivity contribution is 6.33. The third kappa shape index (κ3) is 4.18. The molecule has 0 saturated heterocycles. The summed E-state index contributed by atoms with van der Waals surface area (Å²) < 4.78 is 5.32. The molecule has 0 aliphatic heterocycles. The van der Waals surface area contributed by atoms with Crippen molar-refractivity contribution in [3.05, 3.63) is 52.8 Å². The highest BCUT2D eigenvalue weighted by Gasteiger charge is 2.09. The molecule has 0 atom stereocenters. The lowest BCUT2D eigenvalue weighted by molar-refractivity contribution is -0.118. The van der Waals surface area contributed by atoms with Crippen LogP contribution in [0.3, 0.4) is 0 Å². The molecule has 0 fully saturated rings. The number of aliphatic hydroxyl groups excluding tert-OH is 1. The number of halogens is 1. The Morgan fingerprint density at radius 1 is 1.38 bits per heavy atom. The number of rotatable bonds is 5. The summed E-state index contributed by atoms with van der Waals surface area (Å²) in [5.74, 6) is 0.149. The number of para-hydroxylation sites is 1. The summed E-state index contributed by atoms with van der Waals surface area (Å²) in [6.45, 7) is 1.58. The molecule has 0 aliphatic rings. The van der Waals surface area contributed by atoms with Crippen molar-refractivity contribution < 1.29 is 14.6 Å². The monoisotopic (exact) mass is 306 g/mol. The summed E-state index contributed by atoms with van der Waals surface area (Å²) in [4.78, 5) is 15.8. The second-order valence-electron chi connectivity index (χ2n) is 4.41. The van der Waals surface area contributed by atoms with Crippen molar-refractivity contribution >= 4 is 23.2 Å². The zero-order chi connectivity index (χ0) is 15.2. The largest absolute Gasteiger partial charge is 0.482 e. The number of benzene rings is 1. The normalized spacial score (nSPS) is 10.2. The number of ether oxygens (including phenoxy) is 1. The number of aryl methyl sites for hydroxylation is 1. The second kappa shape index (κ2) is 7.06. The van der Waals surface area contributed by atoms with Crippen LogP contribution in [0.15, 0.2) is 36.5 Å². The van der Waals surface area contributed by atoms with Gasteiger partial charge in [-0.1, -0.05) is 23.7 Å². The molecule has 0 bridgehead atoms. The van der Waals surface area contributed by atoms with Crippen LogP contribution >= 0.6 is 11.6 Å². The maximum Gasteiger partial charge on any atom is 0.262 e. The average Bonchev–Trinajstić information content (AvgIpc) is 2.49. The molecule has 21 heavy (non-hydrogen) atoms. The summed E-state index contributed by atoms with van der Waals surface area (Å²) >= 11 is 6.03. The summed E-state index contributed by atoms with van der Waals surface area (Å²) in [5, 5.41) is 12.1. The van der Waals surface area contributed by atoms with Gasteiger partial charge in [0.2, 0.25) is 0 Å². The van der Waals surface area contributed by atoms with E-state index in [0.29, 0.717) is 22.2 Å². The van der Waals surface area contributed by atoms with Crippen molar-refractivity contribution in [1.29, 1.82) is 0 Å². The van der Waals surface area contributed by atoms with Gasteiger partial charge in [0.05, 0.1) is 29.2 Å². The number of carbonyl (C=O) groups excluding carboxylic acids is 1. The van der Waals surface area contributed by atoms with E-state index >= 15 is 0 Å². The van der Waals surface area contributed by atoms with Gasteiger partial charge in [0.1, 0.15) is 5.75 Å². The fourth-order valence-corrected chi connectivity index (χ4v) is 1.97. The average molecular weight is 307 g/mol.